The number of nitrogens with one attached hydrogen (secondary N) is 1. The zero-order chi connectivity index (χ0) is 14.5. The summed E-state index contributed by atoms with van der Waals surface area (Å²) in [5.41, 5.74) is 6.34. The number of hydrogen-bond donors (Lipinski definition) is 2. The average Bonchev–Trinajstić information content (AvgIpc) is 2.41. The number of amides is 2. The van der Waals surface area contributed by atoms with Crippen molar-refractivity contribution in [3.8, 4) is 0 Å². The van der Waals surface area contributed by atoms with Crippen LogP contribution in [0.1, 0.15) is 15.9 Å². The van der Waals surface area contributed by atoms with Gasteiger partial charge in [0.2, 0.25) is 5.91 Å². The van der Waals surface area contributed by atoms with Crippen LogP contribution in [-0.4, -0.2) is 11.8 Å². The molecule has 0 saturated heterocycles. The molecule has 0 atom stereocenters. The van der Waals surface area contributed by atoms with Gasteiger partial charge in [0.15, 0.2) is 0 Å². The molecule has 0 fully saturated rings. The minimum Gasteiger partial charge on any atom is -0.369 e. The van der Waals surface area contributed by atoms with E-state index in [1.165, 1.54) is 18.2 Å². The zero-order valence-corrected chi connectivity index (χ0v) is 10.6. The van der Waals surface area contributed by atoms with Gasteiger partial charge in [0.1, 0.15) is 5.82 Å². The number of carbonyl (C=O) groups excluding carboxylic acids is 2. The molecule has 2 rings (SSSR count). The molecule has 102 valence electrons. The summed E-state index contributed by atoms with van der Waals surface area (Å²) in [7, 11) is 0. The maximum Gasteiger partial charge on any atom is 0.258 e. The second-order valence-corrected chi connectivity index (χ2v) is 4.27. The molecule has 0 heterocycles. The van der Waals surface area contributed by atoms with Crippen LogP contribution in [0.5, 0.6) is 0 Å². The zero-order valence-electron chi connectivity index (χ0n) is 10.6. The summed E-state index contributed by atoms with van der Waals surface area (Å²) in [6.45, 7) is 0. The van der Waals surface area contributed by atoms with Gasteiger partial charge in [0.05, 0.1) is 12.0 Å². The van der Waals surface area contributed by atoms with Gasteiger partial charge in [-0.05, 0) is 29.8 Å². The lowest BCUT2D eigenvalue weighted by molar-refractivity contribution is -0.117. The Kier molecular flexibility index (Phi) is 4.10. The van der Waals surface area contributed by atoms with Gasteiger partial charge in [0, 0.05) is 5.69 Å². The van der Waals surface area contributed by atoms with Crippen LogP contribution in [0.2, 0.25) is 0 Å². The molecule has 2 amide bonds. The van der Waals surface area contributed by atoms with E-state index in [9.17, 15) is 14.0 Å². The van der Waals surface area contributed by atoms with Gasteiger partial charge in [0.25, 0.3) is 5.91 Å². The molecule has 4 nitrogen and oxygen atoms in total. The lowest BCUT2D eigenvalue weighted by Gasteiger charge is -2.06. The van der Waals surface area contributed by atoms with Crippen molar-refractivity contribution in [2.24, 2.45) is 5.73 Å². The van der Waals surface area contributed by atoms with Gasteiger partial charge < -0.3 is 11.1 Å². The largest absolute Gasteiger partial charge is 0.369 e. The highest BCUT2D eigenvalue weighted by molar-refractivity contribution is 6.04. The second-order valence-electron chi connectivity index (χ2n) is 4.27. The highest BCUT2D eigenvalue weighted by Gasteiger charge is 2.10. The van der Waals surface area contributed by atoms with E-state index in [0.717, 1.165) is 5.56 Å². The normalized spacial score (nSPS) is 10.1. The van der Waals surface area contributed by atoms with Crippen LogP contribution in [0.3, 0.4) is 0 Å². The third-order valence-electron chi connectivity index (χ3n) is 2.71. The fourth-order valence-corrected chi connectivity index (χ4v) is 1.75. The number of nitrogens with two attached hydrogens (primary N) is 1. The van der Waals surface area contributed by atoms with Crippen molar-refractivity contribution >= 4 is 17.5 Å². The molecule has 0 bridgehead atoms. The molecular weight excluding hydrogens is 259 g/mol. The molecule has 5 heteroatoms. The Bertz CT molecular complexity index is 639. The summed E-state index contributed by atoms with van der Waals surface area (Å²) in [5, 5.41) is 2.58. The van der Waals surface area contributed by atoms with Crippen molar-refractivity contribution in [1.82, 2.24) is 0 Å². The van der Waals surface area contributed by atoms with Crippen LogP contribution in [0.4, 0.5) is 10.1 Å². The fraction of sp³-hybridized carbons (Fsp3) is 0.0667. The first-order valence-corrected chi connectivity index (χ1v) is 5.99. The van der Waals surface area contributed by atoms with E-state index in [2.05, 4.69) is 5.32 Å². The number of primary amides is 1. The monoisotopic (exact) mass is 272 g/mol. The SMILES string of the molecule is NC(=O)Cc1ccc(NC(=O)c2ccccc2F)cc1. The standard InChI is InChI=1S/C15H13FN2O2/c16-13-4-2-1-3-12(13)15(20)18-11-7-5-10(6-8-11)9-14(17)19/h1-8H,9H2,(H2,17,19)(H,18,20). The first-order valence-electron chi connectivity index (χ1n) is 5.99. The van der Waals surface area contributed by atoms with E-state index in [1.54, 1.807) is 30.3 Å². The lowest BCUT2D eigenvalue weighted by atomic mass is 10.1. The molecule has 0 aliphatic heterocycles. The molecule has 0 aliphatic carbocycles. The van der Waals surface area contributed by atoms with Gasteiger partial charge >= 0.3 is 0 Å². The fourth-order valence-electron chi connectivity index (χ4n) is 1.75. The number of anilines is 1. The Morgan fingerprint density at radius 3 is 2.30 bits per heavy atom. The minimum atomic E-state index is -0.574. The summed E-state index contributed by atoms with van der Waals surface area (Å²) in [6, 6.07) is 12.4. The Labute approximate surface area is 115 Å². The minimum absolute atomic E-state index is 0.0197. The van der Waals surface area contributed by atoms with Gasteiger partial charge in [-0.3, -0.25) is 9.59 Å². The van der Waals surface area contributed by atoms with Crippen LogP contribution in [0.25, 0.3) is 0 Å². The molecule has 0 spiro atoms. The number of halogens is 1. The predicted octanol–water partition coefficient (Wildman–Crippen LogP) is 2.11. The van der Waals surface area contributed by atoms with Gasteiger partial charge in [-0.1, -0.05) is 24.3 Å². The van der Waals surface area contributed by atoms with Crippen molar-refractivity contribution in [2.75, 3.05) is 5.32 Å². The van der Waals surface area contributed by atoms with Crippen LogP contribution < -0.4 is 11.1 Å². The third-order valence-corrected chi connectivity index (χ3v) is 2.71. The van der Waals surface area contributed by atoms with E-state index in [1.807, 2.05) is 0 Å². The summed E-state index contributed by atoms with van der Waals surface area (Å²) in [5.74, 6) is -1.52. The number of hydrogen-bond acceptors (Lipinski definition) is 2. The first-order chi connectivity index (χ1) is 9.56. The predicted molar refractivity (Wildman–Crippen MR) is 73.7 cm³/mol. The van der Waals surface area contributed by atoms with Gasteiger partial charge in [-0.25, -0.2) is 4.39 Å². The maximum atomic E-state index is 13.4. The smallest absolute Gasteiger partial charge is 0.258 e. The molecule has 0 aliphatic rings. The van der Waals surface area contributed by atoms with Crippen LogP contribution in [0.15, 0.2) is 48.5 Å². The highest BCUT2D eigenvalue weighted by Crippen LogP contribution is 2.13. The quantitative estimate of drug-likeness (QED) is 0.894. The topological polar surface area (TPSA) is 72.2 Å². The summed E-state index contributed by atoms with van der Waals surface area (Å²) < 4.78 is 13.4. The highest BCUT2D eigenvalue weighted by atomic mass is 19.1. The Hall–Kier alpha value is -2.69. The molecule has 3 N–H and O–H groups in total. The van der Waals surface area contributed by atoms with Crippen LogP contribution >= 0.6 is 0 Å². The third kappa shape index (κ3) is 3.41. The molecule has 0 radical (unpaired) electrons. The van der Waals surface area contributed by atoms with Gasteiger partial charge in [-0.2, -0.15) is 0 Å². The van der Waals surface area contributed by atoms with Gasteiger partial charge in [-0.15, -0.1) is 0 Å². The van der Waals surface area contributed by atoms with E-state index in [-0.39, 0.29) is 12.0 Å². The van der Waals surface area contributed by atoms with Crippen molar-refractivity contribution in [1.29, 1.82) is 0 Å². The first kappa shape index (κ1) is 13.7. The lowest BCUT2D eigenvalue weighted by Crippen LogP contribution is -2.15. The number of rotatable bonds is 4. The maximum absolute atomic E-state index is 13.4. The number of benzene rings is 2. The summed E-state index contributed by atoms with van der Waals surface area (Å²) in [4.78, 5) is 22.6. The second kappa shape index (κ2) is 5.97. The molecule has 0 aromatic heterocycles. The van der Waals surface area contributed by atoms with Crippen molar-refractivity contribution < 1.29 is 14.0 Å². The Balaban J connectivity index is 2.09. The molecular formula is C15H13FN2O2. The Morgan fingerprint density at radius 1 is 1.05 bits per heavy atom. The molecule has 0 unspecified atom stereocenters. The van der Waals surface area contributed by atoms with Crippen molar-refractivity contribution in [3.05, 3.63) is 65.5 Å². The average molecular weight is 272 g/mol. The van der Waals surface area contributed by atoms with E-state index in [0.29, 0.717) is 5.69 Å². The van der Waals surface area contributed by atoms with E-state index >= 15 is 0 Å². The Morgan fingerprint density at radius 2 is 1.70 bits per heavy atom. The van der Waals surface area contributed by atoms with E-state index in [4.69, 9.17) is 5.73 Å². The summed E-state index contributed by atoms with van der Waals surface area (Å²) >= 11 is 0. The molecule has 0 saturated carbocycles. The van der Waals surface area contributed by atoms with E-state index < -0.39 is 17.6 Å². The number of carbonyl (C=O) groups is 2. The van der Waals surface area contributed by atoms with Crippen molar-refractivity contribution in [3.63, 3.8) is 0 Å². The molecule has 2 aromatic rings. The van der Waals surface area contributed by atoms with Crippen molar-refractivity contribution in [2.45, 2.75) is 6.42 Å². The molecule has 2 aromatic carbocycles. The summed E-state index contributed by atoms with van der Waals surface area (Å²) in [6.07, 6.45) is 0.140. The van der Waals surface area contributed by atoms with Crippen LogP contribution in [0, 0.1) is 5.82 Å². The molecule has 20 heavy (non-hydrogen) atoms. The van der Waals surface area contributed by atoms with Crippen LogP contribution in [-0.2, 0) is 11.2 Å².